The Bertz CT molecular complexity index is 205. The Morgan fingerprint density at radius 3 is 2.62 bits per heavy atom. The lowest BCUT2D eigenvalue weighted by Crippen LogP contribution is -2.17. The molecule has 0 radical (unpaired) electrons. The summed E-state index contributed by atoms with van der Waals surface area (Å²) in [4.78, 5) is 13.3. The molecule has 3 nitrogen and oxygen atoms in total. The fourth-order valence-corrected chi connectivity index (χ4v) is 1.52. The lowest BCUT2D eigenvalue weighted by atomic mass is 10.4. The van der Waals surface area contributed by atoms with Crippen molar-refractivity contribution in [1.82, 2.24) is 4.90 Å². The summed E-state index contributed by atoms with van der Waals surface area (Å²) in [6.07, 6.45) is 4.04. The zero-order valence-electron chi connectivity index (χ0n) is 8.38. The first-order valence-electron chi connectivity index (χ1n) is 4.84. The summed E-state index contributed by atoms with van der Waals surface area (Å²) in [7, 11) is 0. The summed E-state index contributed by atoms with van der Waals surface area (Å²) in [5.74, 6) is -0.230. The average molecular weight is 183 g/mol. The number of carbonyl (C=O) groups is 1. The Balaban J connectivity index is 2.44. The fraction of sp³-hybridized carbons (Fsp3) is 0.700. The average Bonchev–Trinajstić information content (AvgIpc) is 2.55. The molecule has 1 fully saturated rings. The first-order valence-corrected chi connectivity index (χ1v) is 4.84. The Hall–Kier alpha value is -0.990. The van der Waals surface area contributed by atoms with E-state index < -0.39 is 0 Å². The predicted octanol–water partition coefficient (Wildman–Crippen LogP) is 1.55. The minimum absolute atomic E-state index is 0.230. The van der Waals surface area contributed by atoms with Gasteiger partial charge in [0.15, 0.2) is 0 Å². The van der Waals surface area contributed by atoms with E-state index in [-0.39, 0.29) is 5.97 Å². The van der Waals surface area contributed by atoms with Crippen LogP contribution in [0, 0.1) is 0 Å². The molecule has 0 aliphatic carbocycles. The maximum atomic E-state index is 11.1. The zero-order chi connectivity index (χ0) is 9.68. The maximum Gasteiger partial charge on any atom is 0.332 e. The van der Waals surface area contributed by atoms with Gasteiger partial charge >= 0.3 is 5.97 Å². The molecule has 1 saturated heterocycles. The number of hydrogen-bond donors (Lipinski definition) is 0. The van der Waals surface area contributed by atoms with E-state index in [0.29, 0.717) is 6.61 Å². The number of ether oxygens (including phenoxy) is 1. The van der Waals surface area contributed by atoms with E-state index in [9.17, 15) is 4.79 Å². The number of esters is 1. The molecule has 1 aliphatic heterocycles. The largest absolute Gasteiger partial charge is 0.463 e. The molecule has 1 heterocycles. The molecule has 0 aromatic heterocycles. The van der Waals surface area contributed by atoms with Crippen molar-refractivity contribution >= 4 is 5.97 Å². The highest BCUT2D eigenvalue weighted by molar-refractivity contribution is 5.82. The Labute approximate surface area is 79.4 Å². The maximum absolute atomic E-state index is 11.1. The third-order valence-electron chi connectivity index (χ3n) is 2.22. The van der Waals surface area contributed by atoms with E-state index >= 15 is 0 Å². The summed E-state index contributed by atoms with van der Waals surface area (Å²) < 4.78 is 4.83. The monoisotopic (exact) mass is 183 g/mol. The van der Waals surface area contributed by atoms with Gasteiger partial charge in [-0.1, -0.05) is 0 Å². The number of likely N-dealkylation sites (tertiary alicyclic amines) is 1. The molecule has 0 atom stereocenters. The standard InChI is InChI=1S/C10H17NO2/c1-3-13-10(12)8-9(2)11-6-4-5-7-11/h8H,3-7H2,1-2H3/b9-8-. The van der Waals surface area contributed by atoms with Gasteiger partial charge in [0.2, 0.25) is 0 Å². The van der Waals surface area contributed by atoms with Crippen LogP contribution >= 0.6 is 0 Å². The Morgan fingerprint density at radius 2 is 2.08 bits per heavy atom. The first kappa shape index (κ1) is 10.1. The van der Waals surface area contributed by atoms with Crippen molar-refractivity contribution in [2.75, 3.05) is 19.7 Å². The van der Waals surface area contributed by atoms with E-state index in [2.05, 4.69) is 4.90 Å². The van der Waals surface area contributed by atoms with E-state index in [1.807, 2.05) is 13.8 Å². The molecule has 0 amide bonds. The van der Waals surface area contributed by atoms with E-state index in [1.165, 1.54) is 12.8 Å². The van der Waals surface area contributed by atoms with Gasteiger partial charge in [-0.05, 0) is 26.7 Å². The van der Waals surface area contributed by atoms with Crippen LogP contribution in [0.3, 0.4) is 0 Å². The van der Waals surface area contributed by atoms with Gasteiger partial charge in [0.25, 0.3) is 0 Å². The molecule has 0 aromatic carbocycles. The van der Waals surface area contributed by atoms with Gasteiger partial charge in [-0.3, -0.25) is 0 Å². The van der Waals surface area contributed by atoms with Crippen molar-refractivity contribution in [2.24, 2.45) is 0 Å². The SMILES string of the molecule is CCOC(=O)/C=C(/C)N1CCCC1. The van der Waals surface area contributed by atoms with Crippen LogP contribution in [0.1, 0.15) is 26.7 Å². The fourth-order valence-electron chi connectivity index (χ4n) is 1.52. The molecule has 13 heavy (non-hydrogen) atoms. The molecule has 0 spiro atoms. The smallest absolute Gasteiger partial charge is 0.332 e. The van der Waals surface area contributed by atoms with E-state index in [4.69, 9.17) is 4.74 Å². The van der Waals surface area contributed by atoms with Gasteiger partial charge in [-0.2, -0.15) is 0 Å². The summed E-state index contributed by atoms with van der Waals surface area (Å²) in [6, 6.07) is 0. The van der Waals surface area contributed by atoms with Gasteiger partial charge in [0.1, 0.15) is 0 Å². The molecule has 0 N–H and O–H groups in total. The number of allylic oxidation sites excluding steroid dienone is 1. The van der Waals surface area contributed by atoms with Crippen LogP contribution in [0.2, 0.25) is 0 Å². The van der Waals surface area contributed by atoms with Crippen LogP contribution in [0.5, 0.6) is 0 Å². The molecule has 3 heteroatoms. The molecule has 0 bridgehead atoms. The van der Waals surface area contributed by atoms with Crippen molar-refractivity contribution in [3.63, 3.8) is 0 Å². The van der Waals surface area contributed by atoms with Crippen molar-refractivity contribution in [2.45, 2.75) is 26.7 Å². The van der Waals surface area contributed by atoms with E-state index in [1.54, 1.807) is 6.08 Å². The zero-order valence-corrected chi connectivity index (χ0v) is 8.38. The van der Waals surface area contributed by atoms with Gasteiger partial charge in [0.05, 0.1) is 6.61 Å². The molecular formula is C10H17NO2. The number of hydrogen-bond acceptors (Lipinski definition) is 3. The highest BCUT2D eigenvalue weighted by atomic mass is 16.5. The molecule has 0 aromatic rings. The molecular weight excluding hydrogens is 166 g/mol. The van der Waals surface area contributed by atoms with Gasteiger partial charge in [-0.25, -0.2) is 4.79 Å². The number of nitrogens with zero attached hydrogens (tertiary/aromatic N) is 1. The second kappa shape index (κ2) is 4.90. The Kier molecular flexibility index (Phi) is 3.80. The van der Waals surface area contributed by atoms with Crippen molar-refractivity contribution in [3.05, 3.63) is 11.8 Å². The van der Waals surface area contributed by atoms with Gasteiger partial charge in [-0.15, -0.1) is 0 Å². The van der Waals surface area contributed by atoms with Crippen LogP contribution in [-0.4, -0.2) is 30.6 Å². The lowest BCUT2D eigenvalue weighted by molar-refractivity contribution is -0.137. The summed E-state index contributed by atoms with van der Waals surface area (Å²) >= 11 is 0. The van der Waals surface area contributed by atoms with Gasteiger partial charge < -0.3 is 9.64 Å². The van der Waals surface area contributed by atoms with Crippen LogP contribution in [-0.2, 0) is 9.53 Å². The van der Waals surface area contributed by atoms with Crippen LogP contribution in [0.15, 0.2) is 11.8 Å². The first-order chi connectivity index (χ1) is 6.24. The molecule has 1 aliphatic rings. The summed E-state index contributed by atoms with van der Waals surface area (Å²) in [6.45, 7) is 6.37. The normalized spacial score (nSPS) is 17.7. The van der Waals surface area contributed by atoms with Crippen LogP contribution in [0.25, 0.3) is 0 Å². The number of rotatable bonds is 3. The summed E-state index contributed by atoms with van der Waals surface area (Å²) in [5, 5.41) is 0. The van der Waals surface area contributed by atoms with Crippen LogP contribution in [0.4, 0.5) is 0 Å². The van der Waals surface area contributed by atoms with Gasteiger partial charge in [0, 0.05) is 24.9 Å². The minimum Gasteiger partial charge on any atom is -0.463 e. The highest BCUT2D eigenvalue weighted by Gasteiger charge is 2.12. The Morgan fingerprint density at radius 1 is 1.46 bits per heavy atom. The molecule has 0 saturated carbocycles. The van der Waals surface area contributed by atoms with E-state index in [0.717, 1.165) is 18.8 Å². The van der Waals surface area contributed by atoms with Crippen molar-refractivity contribution in [3.8, 4) is 0 Å². The highest BCUT2D eigenvalue weighted by Crippen LogP contribution is 2.13. The second-order valence-electron chi connectivity index (χ2n) is 3.23. The third kappa shape index (κ3) is 3.09. The van der Waals surface area contributed by atoms with Crippen molar-refractivity contribution in [1.29, 1.82) is 0 Å². The minimum atomic E-state index is -0.230. The quantitative estimate of drug-likeness (QED) is 0.491. The summed E-state index contributed by atoms with van der Waals surface area (Å²) in [5.41, 5.74) is 1.02. The second-order valence-corrected chi connectivity index (χ2v) is 3.23. The third-order valence-corrected chi connectivity index (χ3v) is 2.22. The van der Waals surface area contributed by atoms with Crippen LogP contribution < -0.4 is 0 Å². The topological polar surface area (TPSA) is 29.5 Å². The molecule has 1 rings (SSSR count). The number of carbonyl (C=O) groups excluding carboxylic acids is 1. The lowest BCUT2D eigenvalue weighted by Gasteiger charge is -2.17. The molecule has 74 valence electrons. The predicted molar refractivity (Wildman–Crippen MR) is 51.2 cm³/mol. The van der Waals surface area contributed by atoms with Crippen molar-refractivity contribution < 1.29 is 9.53 Å². The molecule has 0 unspecified atom stereocenters.